The van der Waals surface area contributed by atoms with Gasteiger partial charge in [-0.15, -0.1) is 0 Å². The summed E-state index contributed by atoms with van der Waals surface area (Å²) in [5.74, 6) is -2.07. The van der Waals surface area contributed by atoms with E-state index in [1.165, 1.54) is 29.2 Å². The summed E-state index contributed by atoms with van der Waals surface area (Å²) in [4.78, 5) is 35.0. The molecule has 0 fully saturated rings. The number of benzene rings is 1. The largest absolute Gasteiger partial charge is 0.475 e. The van der Waals surface area contributed by atoms with E-state index in [-0.39, 0.29) is 29.8 Å². The van der Waals surface area contributed by atoms with Crippen LogP contribution in [0.1, 0.15) is 40.5 Å². The fourth-order valence-corrected chi connectivity index (χ4v) is 2.12. The maximum absolute atomic E-state index is 12.5. The lowest BCUT2D eigenvalue weighted by Gasteiger charge is -2.26. The van der Waals surface area contributed by atoms with Crippen LogP contribution in [0.25, 0.3) is 0 Å². The van der Waals surface area contributed by atoms with E-state index in [0.29, 0.717) is 5.56 Å². The minimum atomic E-state index is -1.25. The number of furan rings is 1. The Morgan fingerprint density at radius 3 is 2.21 bits per heavy atom. The number of carbonyl (C=O) groups is 2. The van der Waals surface area contributed by atoms with Gasteiger partial charge in [0.1, 0.15) is 0 Å². The highest BCUT2D eigenvalue weighted by Gasteiger charge is 2.23. The summed E-state index contributed by atoms with van der Waals surface area (Å²) in [7, 11) is 0. The highest BCUT2D eigenvalue weighted by molar-refractivity contribution is 5.93. The summed E-state index contributed by atoms with van der Waals surface area (Å²) < 4.78 is 5.05. The monoisotopic (exact) mass is 332 g/mol. The van der Waals surface area contributed by atoms with Crippen molar-refractivity contribution in [2.75, 3.05) is 0 Å². The summed E-state index contributed by atoms with van der Waals surface area (Å²) in [6.07, 6.45) is 0. The molecule has 0 atom stereocenters. The lowest BCUT2D eigenvalue weighted by molar-refractivity contribution is -0.384. The van der Waals surface area contributed by atoms with Crippen LogP contribution in [-0.4, -0.2) is 32.8 Å². The Morgan fingerprint density at radius 1 is 1.17 bits per heavy atom. The van der Waals surface area contributed by atoms with Gasteiger partial charge in [-0.2, -0.15) is 0 Å². The van der Waals surface area contributed by atoms with Gasteiger partial charge in [0.05, 0.1) is 4.92 Å². The smallest absolute Gasteiger partial charge is 0.371 e. The summed E-state index contributed by atoms with van der Waals surface area (Å²) in [6, 6.07) is 8.25. The van der Waals surface area contributed by atoms with E-state index < -0.39 is 16.8 Å². The van der Waals surface area contributed by atoms with Gasteiger partial charge in [-0.1, -0.05) is 12.1 Å². The Hall–Kier alpha value is -3.16. The van der Waals surface area contributed by atoms with Crippen LogP contribution >= 0.6 is 0 Å². The fourth-order valence-electron chi connectivity index (χ4n) is 2.12. The molecule has 0 spiro atoms. The van der Waals surface area contributed by atoms with Crippen molar-refractivity contribution in [3.8, 4) is 0 Å². The number of nitrogens with zero attached hydrogens (tertiary/aromatic N) is 2. The molecule has 0 aliphatic heterocycles. The second-order valence-corrected chi connectivity index (χ2v) is 5.42. The molecule has 2 rings (SSSR count). The van der Waals surface area contributed by atoms with E-state index in [9.17, 15) is 19.7 Å². The van der Waals surface area contributed by atoms with Crippen LogP contribution in [-0.2, 0) is 6.54 Å². The van der Waals surface area contributed by atoms with Gasteiger partial charge in [0.25, 0.3) is 11.6 Å². The third kappa shape index (κ3) is 3.78. The molecular formula is C16H16N2O6. The molecule has 0 unspecified atom stereocenters. The van der Waals surface area contributed by atoms with Crippen LogP contribution < -0.4 is 0 Å². The zero-order valence-corrected chi connectivity index (χ0v) is 13.1. The van der Waals surface area contributed by atoms with Gasteiger partial charge < -0.3 is 14.4 Å². The zero-order chi connectivity index (χ0) is 17.9. The van der Waals surface area contributed by atoms with Crippen molar-refractivity contribution < 1.29 is 24.0 Å². The van der Waals surface area contributed by atoms with E-state index in [4.69, 9.17) is 9.52 Å². The number of nitro benzene ring substituents is 1. The highest BCUT2D eigenvalue weighted by atomic mass is 16.6. The Kier molecular flexibility index (Phi) is 4.98. The fraction of sp³-hybridized carbons (Fsp3) is 0.250. The topological polar surface area (TPSA) is 114 Å². The molecule has 8 heteroatoms. The molecule has 0 bridgehead atoms. The SMILES string of the molecule is CC(C)N(Cc1ccc([N+](=O)[O-])cc1)C(=O)c1ccc(C(=O)O)o1. The molecule has 0 saturated carbocycles. The number of non-ortho nitro benzene ring substituents is 1. The maximum Gasteiger partial charge on any atom is 0.371 e. The van der Waals surface area contributed by atoms with Crippen LogP contribution in [0.3, 0.4) is 0 Å². The van der Waals surface area contributed by atoms with Gasteiger partial charge in [0.15, 0.2) is 5.76 Å². The van der Waals surface area contributed by atoms with Crippen LogP contribution in [0.4, 0.5) is 5.69 Å². The van der Waals surface area contributed by atoms with Crippen LogP contribution in [0, 0.1) is 10.1 Å². The number of carbonyl (C=O) groups excluding carboxylic acids is 1. The van der Waals surface area contributed by atoms with Crippen LogP contribution in [0.2, 0.25) is 0 Å². The van der Waals surface area contributed by atoms with Crippen molar-refractivity contribution in [1.29, 1.82) is 0 Å². The molecule has 8 nitrogen and oxygen atoms in total. The number of hydrogen-bond acceptors (Lipinski definition) is 5. The van der Waals surface area contributed by atoms with Gasteiger partial charge >= 0.3 is 5.97 Å². The van der Waals surface area contributed by atoms with E-state index in [0.717, 1.165) is 0 Å². The van der Waals surface area contributed by atoms with Crippen LogP contribution in [0.15, 0.2) is 40.8 Å². The Morgan fingerprint density at radius 2 is 1.75 bits per heavy atom. The Labute approximate surface area is 137 Å². The quantitative estimate of drug-likeness (QED) is 0.642. The van der Waals surface area contributed by atoms with E-state index >= 15 is 0 Å². The molecule has 0 saturated heterocycles. The number of rotatable bonds is 6. The first kappa shape index (κ1) is 17.2. The predicted octanol–water partition coefficient (Wildman–Crippen LogP) is 2.94. The molecule has 24 heavy (non-hydrogen) atoms. The van der Waals surface area contributed by atoms with Gasteiger partial charge in [-0.25, -0.2) is 4.79 Å². The average Bonchev–Trinajstić information content (AvgIpc) is 3.02. The van der Waals surface area contributed by atoms with Crippen LogP contribution in [0.5, 0.6) is 0 Å². The van der Waals surface area contributed by atoms with Crippen molar-refractivity contribution in [2.45, 2.75) is 26.4 Å². The number of hydrogen-bond donors (Lipinski definition) is 1. The lowest BCUT2D eigenvalue weighted by Crippen LogP contribution is -2.36. The first-order valence-electron chi connectivity index (χ1n) is 7.17. The van der Waals surface area contributed by atoms with Crippen molar-refractivity contribution in [3.63, 3.8) is 0 Å². The second kappa shape index (κ2) is 6.95. The van der Waals surface area contributed by atoms with E-state index in [1.807, 2.05) is 13.8 Å². The summed E-state index contributed by atoms with van der Waals surface area (Å²) in [5, 5.41) is 19.5. The molecule has 0 aliphatic carbocycles. The molecule has 0 aliphatic rings. The van der Waals surface area contributed by atoms with Gasteiger partial charge in [-0.05, 0) is 31.5 Å². The number of carboxylic acid groups (broad SMARTS) is 1. The van der Waals surface area contributed by atoms with Crippen molar-refractivity contribution in [2.24, 2.45) is 0 Å². The summed E-state index contributed by atoms with van der Waals surface area (Å²) >= 11 is 0. The molecule has 126 valence electrons. The lowest BCUT2D eigenvalue weighted by atomic mass is 10.1. The highest BCUT2D eigenvalue weighted by Crippen LogP contribution is 2.18. The van der Waals surface area contributed by atoms with E-state index in [1.54, 1.807) is 12.1 Å². The minimum Gasteiger partial charge on any atom is -0.475 e. The number of aromatic carboxylic acids is 1. The van der Waals surface area contributed by atoms with Crippen molar-refractivity contribution >= 4 is 17.6 Å². The first-order chi connectivity index (χ1) is 11.3. The summed E-state index contributed by atoms with van der Waals surface area (Å²) in [5.41, 5.74) is 0.686. The molecule has 1 aromatic heterocycles. The molecule has 1 amide bonds. The third-order valence-electron chi connectivity index (χ3n) is 3.41. The number of nitro groups is 1. The first-order valence-corrected chi connectivity index (χ1v) is 7.17. The second-order valence-electron chi connectivity index (χ2n) is 5.42. The van der Waals surface area contributed by atoms with Crippen molar-refractivity contribution in [1.82, 2.24) is 4.90 Å². The van der Waals surface area contributed by atoms with Gasteiger partial charge in [0, 0.05) is 24.7 Å². The Balaban J connectivity index is 2.20. The Bertz CT molecular complexity index is 763. The third-order valence-corrected chi connectivity index (χ3v) is 3.41. The minimum absolute atomic E-state index is 0.0293. The molecule has 1 N–H and O–H groups in total. The molecule has 1 heterocycles. The number of carboxylic acids is 1. The predicted molar refractivity (Wildman–Crippen MR) is 83.8 cm³/mol. The molecule has 1 aromatic carbocycles. The van der Waals surface area contributed by atoms with Gasteiger partial charge in [-0.3, -0.25) is 14.9 Å². The maximum atomic E-state index is 12.5. The zero-order valence-electron chi connectivity index (χ0n) is 13.1. The van der Waals surface area contributed by atoms with Crippen molar-refractivity contribution in [3.05, 3.63) is 63.6 Å². The van der Waals surface area contributed by atoms with E-state index in [2.05, 4.69) is 0 Å². The standard InChI is InChI=1S/C16H16N2O6/c1-10(2)17(9-11-3-5-12(6-4-11)18(22)23)15(19)13-7-8-14(24-13)16(20)21/h3-8,10H,9H2,1-2H3,(H,20,21). The number of amides is 1. The molecule has 2 aromatic rings. The average molecular weight is 332 g/mol. The molecule has 0 radical (unpaired) electrons. The molecular weight excluding hydrogens is 316 g/mol. The van der Waals surface area contributed by atoms with Gasteiger partial charge in [0.2, 0.25) is 5.76 Å². The summed E-state index contributed by atoms with van der Waals surface area (Å²) in [6.45, 7) is 3.84. The normalized spacial score (nSPS) is 10.6.